The van der Waals surface area contributed by atoms with Crippen LogP contribution in [0.3, 0.4) is 0 Å². The first kappa shape index (κ1) is 11.3. The van der Waals surface area contributed by atoms with Crippen molar-refractivity contribution in [2.45, 2.75) is 24.9 Å². The molecule has 0 aliphatic carbocycles. The van der Waals surface area contributed by atoms with Gasteiger partial charge in [0.2, 0.25) is 5.82 Å². The smallest absolute Gasteiger partial charge is 0.381 e. The lowest BCUT2D eigenvalue weighted by atomic mass is 9.94. The van der Waals surface area contributed by atoms with E-state index in [1.54, 1.807) is 0 Å². The normalized spacial score (nSPS) is 18.7. The Morgan fingerprint density at radius 2 is 1.69 bits per heavy atom. The first-order chi connectivity index (χ1) is 7.57. The second-order valence-electron chi connectivity index (χ2n) is 3.72. The molecule has 0 N–H and O–H groups in total. The average molecular weight is 232 g/mol. The molecular weight excluding hydrogens is 221 g/mol. The summed E-state index contributed by atoms with van der Waals surface area (Å²) in [6.45, 7) is 1.29. The Bertz CT molecular complexity index is 344. The van der Waals surface area contributed by atoms with Crippen molar-refractivity contribution in [1.29, 1.82) is 0 Å². The molecule has 0 atom stereocenters. The highest BCUT2D eigenvalue weighted by Gasteiger charge is 2.34. The third kappa shape index (κ3) is 2.49. The third-order valence-electron chi connectivity index (χ3n) is 2.62. The number of hydrogen-bond acceptors (Lipinski definition) is 3. The molecule has 0 saturated carbocycles. The topological polar surface area (TPSA) is 35.0 Å². The van der Waals surface area contributed by atoms with E-state index in [9.17, 15) is 13.2 Å². The molecule has 3 nitrogen and oxygen atoms in total. The molecule has 0 unspecified atom stereocenters. The lowest BCUT2D eigenvalue weighted by Gasteiger charge is -2.21. The summed E-state index contributed by atoms with van der Waals surface area (Å²) in [5, 5.41) is 0. The first-order valence-electron chi connectivity index (χ1n) is 5.04. The van der Waals surface area contributed by atoms with Crippen molar-refractivity contribution in [1.82, 2.24) is 9.97 Å². The molecule has 0 radical (unpaired) electrons. The van der Waals surface area contributed by atoms with E-state index in [2.05, 4.69) is 9.97 Å². The van der Waals surface area contributed by atoms with Crippen LogP contribution in [0.15, 0.2) is 12.4 Å². The number of halogens is 3. The summed E-state index contributed by atoms with van der Waals surface area (Å²) < 4.78 is 41.8. The number of ether oxygens (including phenoxy) is 1. The van der Waals surface area contributed by atoms with Gasteiger partial charge in [0.05, 0.1) is 0 Å². The molecule has 0 bridgehead atoms. The number of alkyl halides is 3. The fourth-order valence-corrected chi connectivity index (χ4v) is 1.73. The van der Waals surface area contributed by atoms with Gasteiger partial charge in [-0.05, 0) is 24.3 Å². The van der Waals surface area contributed by atoms with Crippen LogP contribution >= 0.6 is 0 Å². The summed E-state index contributed by atoms with van der Waals surface area (Å²) >= 11 is 0. The second-order valence-corrected chi connectivity index (χ2v) is 3.72. The van der Waals surface area contributed by atoms with Crippen LogP contribution in [0, 0.1) is 0 Å². The molecule has 0 amide bonds. The molecule has 88 valence electrons. The van der Waals surface area contributed by atoms with Gasteiger partial charge in [-0.2, -0.15) is 13.2 Å². The molecule has 6 heteroatoms. The quantitative estimate of drug-likeness (QED) is 0.745. The molecule has 1 aromatic heterocycles. The molecule has 1 aliphatic rings. The average Bonchev–Trinajstić information content (AvgIpc) is 2.29. The maximum Gasteiger partial charge on any atom is 0.451 e. The molecule has 0 spiro atoms. The number of aromatic nitrogens is 2. The van der Waals surface area contributed by atoms with Gasteiger partial charge >= 0.3 is 6.18 Å². The molecule has 1 fully saturated rings. The third-order valence-corrected chi connectivity index (χ3v) is 2.62. The summed E-state index contributed by atoms with van der Waals surface area (Å²) in [5.41, 5.74) is 0.760. The summed E-state index contributed by atoms with van der Waals surface area (Å²) in [6.07, 6.45) is -0.296. The highest BCUT2D eigenvalue weighted by atomic mass is 19.4. The minimum Gasteiger partial charge on any atom is -0.381 e. The fourth-order valence-electron chi connectivity index (χ4n) is 1.73. The van der Waals surface area contributed by atoms with Crippen molar-refractivity contribution in [2.75, 3.05) is 13.2 Å². The van der Waals surface area contributed by atoms with Crippen LogP contribution in [0.1, 0.15) is 30.1 Å². The number of rotatable bonds is 1. The predicted octanol–water partition coefficient (Wildman–Crippen LogP) is 2.39. The summed E-state index contributed by atoms with van der Waals surface area (Å²) in [7, 11) is 0. The maximum absolute atomic E-state index is 12.2. The van der Waals surface area contributed by atoms with Crippen LogP contribution in [0.5, 0.6) is 0 Å². The van der Waals surface area contributed by atoms with Crippen LogP contribution < -0.4 is 0 Å². The van der Waals surface area contributed by atoms with Gasteiger partial charge in [-0.3, -0.25) is 0 Å². The molecule has 1 saturated heterocycles. The second kappa shape index (κ2) is 4.37. The van der Waals surface area contributed by atoms with Gasteiger partial charge in [0.25, 0.3) is 0 Å². The van der Waals surface area contributed by atoms with Crippen molar-refractivity contribution in [2.24, 2.45) is 0 Å². The van der Waals surface area contributed by atoms with E-state index in [4.69, 9.17) is 4.74 Å². The molecule has 1 aliphatic heterocycles. The Morgan fingerprint density at radius 3 is 2.19 bits per heavy atom. The Labute approximate surface area is 90.7 Å². The minimum absolute atomic E-state index is 0.219. The van der Waals surface area contributed by atoms with E-state index in [-0.39, 0.29) is 5.92 Å². The Morgan fingerprint density at radius 1 is 1.12 bits per heavy atom. The highest BCUT2D eigenvalue weighted by Crippen LogP contribution is 2.29. The summed E-state index contributed by atoms with van der Waals surface area (Å²) in [6, 6.07) is 0. The lowest BCUT2D eigenvalue weighted by Crippen LogP contribution is -2.16. The predicted molar refractivity (Wildman–Crippen MR) is 49.8 cm³/mol. The van der Waals surface area contributed by atoms with Crippen LogP contribution in [-0.4, -0.2) is 23.2 Å². The van der Waals surface area contributed by atoms with E-state index in [1.807, 2.05) is 0 Å². The van der Waals surface area contributed by atoms with Crippen LogP contribution in [0.2, 0.25) is 0 Å². The molecule has 1 aromatic rings. The summed E-state index contributed by atoms with van der Waals surface area (Å²) in [4.78, 5) is 6.70. The Kier molecular flexibility index (Phi) is 3.09. The van der Waals surface area contributed by atoms with Crippen LogP contribution in [0.4, 0.5) is 13.2 Å². The standard InChI is InChI=1S/C10H11F3N2O/c11-10(12,13)9-14-5-8(6-15-9)7-1-3-16-4-2-7/h5-7H,1-4H2. The number of hydrogen-bond donors (Lipinski definition) is 0. The van der Waals surface area contributed by atoms with Gasteiger partial charge in [0, 0.05) is 25.6 Å². The SMILES string of the molecule is FC(F)(F)c1ncc(C2CCOCC2)cn1. The van der Waals surface area contributed by atoms with Gasteiger partial charge in [0.1, 0.15) is 0 Å². The van der Waals surface area contributed by atoms with Crippen molar-refractivity contribution < 1.29 is 17.9 Å². The van der Waals surface area contributed by atoms with Gasteiger partial charge in [-0.25, -0.2) is 9.97 Å². The largest absolute Gasteiger partial charge is 0.451 e. The zero-order valence-electron chi connectivity index (χ0n) is 8.50. The zero-order valence-corrected chi connectivity index (χ0v) is 8.50. The van der Waals surface area contributed by atoms with Crippen molar-refractivity contribution in [3.05, 3.63) is 23.8 Å². The van der Waals surface area contributed by atoms with Gasteiger partial charge in [-0.1, -0.05) is 0 Å². The van der Waals surface area contributed by atoms with E-state index in [1.165, 1.54) is 12.4 Å². The Hall–Kier alpha value is -1.17. The molecular formula is C10H11F3N2O. The van der Waals surface area contributed by atoms with Crippen LogP contribution in [0.25, 0.3) is 0 Å². The summed E-state index contributed by atoms with van der Waals surface area (Å²) in [5.74, 6) is -0.862. The highest BCUT2D eigenvalue weighted by molar-refractivity contribution is 5.13. The van der Waals surface area contributed by atoms with E-state index in [0.29, 0.717) is 13.2 Å². The minimum atomic E-state index is -4.46. The lowest BCUT2D eigenvalue weighted by molar-refractivity contribution is -0.145. The fraction of sp³-hybridized carbons (Fsp3) is 0.600. The van der Waals surface area contributed by atoms with Crippen molar-refractivity contribution >= 4 is 0 Å². The number of nitrogens with zero attached hydrogens (tertiary/aromatic N) is 2. The molecule has 16 heavy (non-hydrogen) atoms. The monoisotopic (exact) mass is 232 g/mol. The van der Waals surface area contributed by atoms with Gasteiger partial charge in [-0.15, -0.1) is 0 Å². The first-order valence-corrected chi connectivity index (χ1v) is 5.04. The molecule has 2 rings (SSSR count). The van der Waals surface area contributed by atoms with Gasteiger partial charge in [0.15, 0.2) is 0 Å². The molecule has 0 aromatic carbocycles. The zero-order chi connectivity index (χ0) is 11.6. The molecule has 2 heterocycles. The Balaban J connectivity index is 2.12. The van der Waals surface area contributed by atoms with E-state index >= 15 is 0 Å². The van der Waals surface area contributed by atoms with E-state index in [0.717, 1.165) is 18.4 Å². The van der Waals surface area contributed by atoms with Gasteiger partial charge < -0.3 is 4.74 Å². The maximum atomic E-state index is 12.2. The van der Waals surface area contributed by atoms with Crippen molar-refractivity contribution in [3.63, 3.8) is 0 Å². The van der Waals surface area contributed by atoms with Crippen LogP contribution in [-0.2, 0) is 10.9 Å². The van der Waals surface area contributed by atoms with Crippen molar-refractivity contribution in [3.8, 4) is 0 Å². The van der Waals surface area contributed by atoms with E-state index < -0.39 is 12.0 Å².